The molecule has 2 atom stereocenters. The van der Waals surface area contributed by atoms with Crippen molar-refractivity contribution in [3.63, 3.8) is 0 Å². The van der Waals surface area contributed by atoms with Gasteiger partial charge in [0.25, 0.3) is 5.91 Å². The molecule has 0 saturated carbocycles. The number of urea groups is 1. The van der Waals surface area contributed by atoms with Gasteiger partial charge in [0.15, 0.2) is 17.4 Å². The van der Waals surface area contributed by atoms with Crippen LogP contribution in [0.25, 0.3) is 0 Å². The van der Waals surface area contributed by atoms with Crippen molar-refractivity contribution in [2.24, 2.45) is 0 Å². The molecule has 2 aliphatic rings. The smallest absolute Gasteiger partial charge is 0.322 e. The summed E-state index contributed by atoms with van der Waals surface area (Å²) in [6.07, 6.45) is -0.634. The second-order valence-electron chi connectivity index (χ2n) is 5.23. The Morgan fingerprint density at radius 1 is 1.40 bits per heavy atom. The van der Waals surface area contributed by atoms with Crippen LogP contribution in [0.5, 0.6) is 5.75 Å². The maximum absolute atomic E-state index is 12.2. The van der Waals surface area contributed by atoms with Crippen molar-refractivity contribution in [1.82, 2.24) is 10.6 Å². The maximum atomic E-state index is 12.2. The molecular formula is C14H14N2O4. The molecule has 0 radical (unpaired) electrons. The SMILES string of the molecule is CC(=O)C1CC2(NC(=O)NC2=O)c2cc(C)ccc2O1. The number of aryl methyl sites for hydroxylation is 1. The maximum Gasteiger partial charge on any atom is 0.322 e. The topological polar surface area (TPSA) is 84.5 Å². The van der Waals surface area contributed by atoms with E-state index in [-0.39, 0.29) is 12.2 Å². The number of rotatable bonds is 1. The number of benzene rings is 1. The fraction of sp³-hybridized carbons (Fsp3) is 0.357. The van der Waals surface area contributed by atoms with E-state index in [0.29, 0.717) is 11.3 Å². The van der Waals surface area contributed by atoms with Gasteiger partial charge >= 0.3 is 6.03 Å². The number of Topliss-reactive ketones (excluding diaryl/α,β-unsaturated/α-hetero) is 1. The van der Waals surface area contributed by atoms with E-state index in [2.05, 4.69) is 10.6 Å². The minimum absolute atomic E-state index is 0.107. The minimum atomic E-state index is -1.22. The van der Waals surface area contributed by atoms with Crippen LogP contribution in [-0.4, -0.2) is 23.8 Å². The van der Waals surface area contributed by atoms with Crippen LogP contribution in [-0.2, 0) is 15.1 Å². The number of ketones is 1. The van der Waals surface area contributed by atoms with E-state index in [1.165, 1.54) is 6.92 Å². The van der Waals surface area contributed by atoms with Crippen LogP contribution in [0, 0.1) is 6.92 Å². The normalized spacial score (nSPS) is 27.6. The van der Waals surface area contributed by atoms with E-state index < -0.39 is 23.6 Å². The molecule has 2 aliphatic heterocycles. The summed E-state index contributed by atoms with van der Waals surface area (Å²) in [6.45, 7) is 3.30. The Morgan fingerprint density at radius 3 is 2.75 bits per heavy atom. The first-order valence-electron chi connectivity index (χ1n) is 6.34. The summed E-state index contributed by atoms with van der Waals surface area (Å²) in [7, 11) is 0. The molecule has 2 N–H and O–H groups in total. The number of fused-ring (bicyclic) bond motifs is 2. The lowest BCUT2D eigenvalue weighted by atomic mass is 9.80. The molecule has 6 nitrogen and oxygen atoms in total. The van der Waals surface area contributed by atoms with Crippen molar-refractivity contribution in [2.75, 3.05) is 0 Å². The van der Waals surface area contributed by atoms with Crippen LogP contribution in [0.2, 0.25) is 0 Å². The monoisotopic (exact) mass is 274 g/mol. The van der Waals surface area contributed by atoms with E-state index in [1.807, 2.05) is 13.0 Å². The standard InChI is InChI=1S/C14H14N2O4/c1-7-3-4-10-9(5-7)14(6-11(20-10)8(2)17)12(18)15-13(19)16-14/h3-5,11H,6H2,1-2H3,(H2,15,16,18,19). The molecule has 0 bridgehead atoms. The van der Waals surface area contributed by atoms with Gasteiger partial charge in [-0.05, 0) is 26.0 Å². The lowest BCUT2D eigenvalue weighted by Gasteiger charge is -2.36. The van der Waals surface area contributed by atoms with Crippen LogP contribution >= 0.6 is 0 Å². The molecule has 104 valence electrons. The number of hydrogen-bond acceptors (Lipinski definition) is 4. The van der Waals surface area contributed by atoms with Crippen LogP contribution in [0.4, 0.5) is 4.79 Å². The highest BCUT2D eigenvalue weighted by molar-refractivity contribution is 6.08. The van der Waals surface area contributed by atoms with E-state index >= 15 is 0 Å². The highest BCUT2D eigenvalue weighted by Gasteiger charge is 2.54. The van der Waals surface area contributed by atoms with E-state index in [4.69, 9.17) is 4.74 Å². The summed E-state index contributed by atoms with van der Waals surface area (Å²) >= 11 is 0. The van der Waals surface area contributed by atoms with Gasteiger partial charge in [0.2, 0.25) is 0 Å². The zero-order chi connectivity index (χ0) is 14.5. The van der Waals surface area contributed by atoms with Crippen molar-refractivity contribution in [3.05, 3.63) is 29.3 Å². The summed E-state index contributed by atoms with van der Waals surface area (Å²) in [5.41, 5.74) is 0.327. The molecule has 1 aromatic rings. The zero-order valence-electron chi connectivity index (χ0n) is 11.1. The zero-order valence-corrected chi connectivity index (χ0v) is 11.1. The molecule has 6 heteroatoms. The Kier molecular flexibility index (Phi) is 2.57. The fourth-order valence-corrected chi connectivity index (χ4v) is 2.71. The van der Waals surface area contributed by atoms with Gasteiger partial charge in [0, 0.05) is 12.0 Å². The van der Waals surface area contributed by atoms with E-state index in [1.54, 1.807) is 12.1 Å². The summed E-state index contributed by atoms with van der Waals surface area (Å²) in [5, 5.41) is 4.90. The molecule has 3 rings (SSSR count). The summed E-state index contributed by atoms with van der Waals surface area (Å²) in [6, 6.07) is 4.81. The number of amides is 3. The molecule has 0 aromatic heterocycles. The Hall–Kier alpha value is -2.37. The average Bonchev–Trinajstić information content (AvgIpc) is 2.65. The van der Waals surface area contributed by atoms with Gasteiger partial charge in [-0.3, -0.25) is 14.9 Å². The van der Waals surface area contributed by atoms with Crippen LogP contribution in [0.1, 0.15) is 24.5 Å². The first-order valence-corrected chi connectivity index (χ1v) is 6.34. The fourth-order valence-electron chi connectivity index (χ4n) is 2.71. The molecule has 2 heterocycles. The summed E-state index contributed by atoms with van der Waals surface area (Å²) in [5.74, 6) is -0.159. The molecular weight excluding hydrogens is 260 g/mol. The largest absolute Gasteiger partial charge is 0.482 e. The highest BCUT2D eigenvalue weighted by Crippen LogP contribution is 2.41. The third-order valence-electron chi connectivity index (χ3n) is 3.75. The van der Waals surface area contributed by atoms with Crippen LogP contribution < -0.4 is 15.4 Å². The van der Waals surface area contributed by atoms with Gasteiger partial charge in [0.05, 0.1) is 0 Å². The van der Waals surface area contributed by atoms with Gasteiger partial charge < -0.3 is 10.1 Å². The lowest BCUT2D eigenvalue weighted by molar-refractivity contribution is -0.130. The lowest BCUT2D eigenvalue weighted by Crippen LogP contribution is -2.51. The Morgan fingerprint density at radius 2 is 2.15 bits per heavy atom. The first kappa shape index (κ1) is 12.7. The van der Waals surface area contributed by atoms with Crippen LogP contribution in [0.3, 0.4) is 0 Å². The van der Waals surface area contributed by atoms with E-state index in [0.717, 1.165) is 5.56 Å². The number of nitrogens with one attached hydrogen (secondary N) is 2. The van der Waals surface area contributed by atoms with Crippen molar-refractivity contribution >= 4 is 17.7 Å². The quantitative estimate of drug-likeness (QED) is 0.741. The number of ether oxygens (including phenoxy) is 1. The van der Waals surface area contributed by atoms with Gasteiger partial charge in [-0.25, -0.2) is 4.79 Å². The number of hydrogen-bond donors (Lipinski definition) is 2. The minimum Gasteiger partial charge on any atom is -0.482 e. The Labute approximate surface area is 115 Å². The number of carbonyl (C=O) groups excluding carboxylic acids is 3. The third kappa shape index (κ3) is 1.68. The summed E-state index contributed by atoms with van der Waals surface area (Å²) < 4.78 is 5.64. The number of carbonyl (C=O) groups is 3. The van der Waals surface area contributed by atoms with Crippen LogP contribution in [0.15, 0.2) is 18.2 Å². The predicted molar refractivity (Wildman–Crippen MR) is 69.2 cm³/mol. The molecule has 1 fully saturated rings. The number of imide groups is 1. The Balaban J connectivity index is 2.18. The molecule has 1 saturated heterocycles. The highest BCUT2D eigenvalue weighted by atomic mass is 16.5. The Bertz CT molecular complexity index is 640. The van der Waals surface area contributed by atoms with Gasteiger partial charge in [-0.1, -0.05) is 11.6 Å². The first-order chi connectivity index (χ1) is 9.42. The third-order valence-corrected chi connectivity index (χ3v) is 3.75. The average molecular weight is 274 g/mol. The van der Waals surface area contributed by atoms with E-state index in [9.17, 15) is 14.4 Å². The van der Waals surface area contributed by atoms with Gasteiger partial charge in [-0.15, -0.1) is 0 Å². The van der Waals surface area contributed by atoms with Crippen molar-refractivity contribution in [2.45, 2.75) is 31.9 Å². The predicted octanol–water partition coefficient (Wildman–Crippen LogP) is 0.770. The van der Waals surface area contributed by atoms with Gasteiger partial charge in [-0.2, -0.15) is 0 Å². The molecule has 2 unspecified atom stereocenters. The molecule has 3 amide bonds. The second-order valence-corrected chi connectivity index (χ2v) is 5.23. The van der Waals surface area contributed by atoms with Crippen molar-refractivity contribution in [3.8, 4) is 5.75 Å². The second kappa shape index (κ2) is 4.06. The van der Waals surface area contributed by atoms with Crippen molar-refractivity contribution in [1.29, 1.82) is 0 Å². The molecule has 1 spiro atoms. The molecule has 1 aromatic carbocycles. The van der Waals surface area contributed by atoms with Gasteiger partial charge in [0.1, 0.15) is 5.75 Å². The van der Waals surface area contributed by atoms with Crippen molar-refractivity contribution < 1.29 is 19.1 Å². The molecule has 20 heavy (non-hydrogen) atoms. The summed E-state index contributed by atoms with van der Waals surface area (Å²) in [4.78, 5) is 35.4. The molecule has 0 aliphatic carbocycles.